The number of hydrogen-bond acceptors (Lipinski definition) is 4. The quantitative estimate of drug-likeness (QED) is 0.155. The van der Waals surface area contributed by atoms with Crippen LogP contribution >= 0.6 is 11.6 Å². The topological polar surface area (TPSA) is 35.9 Å². The number of halogens is 1. The van der Waals surface area contributed by atoms with Crippen LogP contribution in [0.2, 0.25) is 30.7 Å². The lowest BCUT2D eigenvalue weighted by atomic mass is 9.97. The minimum atomic E-state index is -1.16. The summed E-state index contributed by atoms with van der Waals surface area (Å²) in [6.07, 6.45) is 3.16. The fraction of sp³-hybridized carbons (Fsp3) is 0.429. The fourth-order valence-corrected chi connectivity index (χ4v) is 5.18. The lowest BCUT2D eigenvalue weighted by molar-refractivity contribution is 0.0718. The minimum absolute atomic E-state index is 0.493. The SMILES string of the molecule is CN(C)CCCOCc1c2c(cn1COCC[Si](C)(C)C)-c1cc(Cl)ccc1Oc1ccccc1-2. The Morgan fingerprint density at radius 1 is 0.943 bits per heavy atom. The third kappa shape index (κ3) is 6.57. The molecule has 0 bridgehead atoms. The monoisotopic (exact) mass is 512 g/mol. The largest absolute Gasteiger partial charge is 0.456 e. The van der Waals surface area contributed by atoms with Gasteiger partial charge >= 0.3 is 0 Å². The van der Waals surface area contributed by atoms with Gasteiger partial charge in [0.05, 0.1) is 12.3 Å². The molecule has 0 atom stereocenters. The average molecular weight is 513 g/mol. The molecule has 1 aliphatic rings. The van der Waals surface area contributed by atoms with Crippen LogP contribution in [0, 0.1) is 0 Å². The normalized spacial score (nSPS) is 12.7. The van der Waals surface area contributed by atoms with E-state index in [2.05, 4.69) is 61.5 Å². The van der Waals surface area contributed by atoms with E-state index < -0.39 is 8.07 Å². The van der Waals surface area contributed by atoms with Gasteiger partial charge in [0.15, 0.2) is 0 Å². The molecule has 0 N–H and O–H groups in total. The van der Waals surface area contributed by atoms with Crippen LogP contribution in [0.4, 0.5) is 0 Å². The first-order valence-electron chi connectivity index (χ1n) is 12.3. The first-order chi connectivity index (χ1) is 16.7. The molecule has 0 saturated heterocycles. The second kappa shape index (κ2) is 11.3. The van der Waals surface area contributed by atoms with Gasteiger partial charge in [-0.2, -0.15) is 0 Å². The van der Waals surface area contributed by atoms with E-state index in [1.807, 2.05) is 30.3 Å². The van der Waals surface area contributed by atoms with Gasteiger partial charge in [0, 0.05) is 54.8 Å². The zero-order chi connectivity index (χ0) is 25.0. The van der Waals surface area contributed by atoms with Crippen molar-refractivity contribution in [3.8, 4) is 33.8 Å². The van der Waals surface area contributed by atoms with Crippen LogP contribution in [-0.2, 0) is 22.8 Å². The molecule has 5 nitrogen and oxygen atoms in total. The number of hydrogen-bond donors (Lipinski definition) is 0. The van der Waals surface area contributed by atoms with Crippen LogP contribution in [-0.4, -0.2) is 51.4 Å². The number of nitrogens with zero attached hydrogens (tertiary/aromatic N) is 2. The third-order valence-electron chi connectivity index (χ3n) is 6.16. The van der Waals surface area contributed by atoms with Crippen molar-refractivity contribution in [2.75, 3.05) is 33.9 Å². The fourth-order valence-electron chi connectivity index (χ4n) is 4.25. The molecule has 0 unspecified atom stereocenters. The van der Waals surface area contributed by atoms with Gasteiger partial charge in [0.1, 0.15) is 18.2 Å². The summed E-state index contributed by atoms with van der Waals surface area (Å²) in [7, 11) is 3.01. The Labute approximate surface area is 215 Å². The Bertz CT molecular complexity index is 1150. The second-order valence-electron chi connectivity index (χ2n) is 10.6. The van der Waals surface area contributed by atoms with Crippen molar-refractivity contribution in [3.63, 3.8) is 0 Å². The number of aromatic nitrogens is 1. The van der Waals surface area contributed by atoms with Crippen molar-refractivity contribution in [1.29, 1.82) is 0 Å². The van der Waals surface area contributed by atoms with Gasteiger partial charge in [-0.3, -0.25) is 0 Å². The predicted molar refractivity (Wildman–Crippen MR) is 147 cm³/mol. The van der Waals surface area contributed by atoms with E-state index >= 15 is 0 Å². The van der Waals surface area contributed by atoms with Crippen LogP contribution in [0.15, 0.2) is 48.7 Å². The molecule has 1 aliphatic heterocycles. The highest BCUT2D eigenvalue weighted by atomic mass is 35.5. The van der Waals surface area contributed by atoms with Crippen molar-refractivity contribution in [3.05, 3.63) is 59.4 Å². The molecule has 0 radical (unpaired) electrons. The summed E-state index contributed by atoms with van der Waals surface area (Å²) >= 11 is 6.43. The smallest absolute Gasteiger partial charge is 0.135 e. The Morgan fingerprint density at radius 3 is 2.49 bits per heavy atom. The van der Waals surface area contributed by atoms with Gasteiger partial charge in [-0.05, 0) is 57.4 Å². The zero-order valence-electron chi connectivity index (χ0n) is 21.6. The summed E-state index contributed by atoms with van der Waals surface area (Å²) in [4.78, 5) is 2.18. The summed E-state index contributed by atoms with van der Waals surface area (Å²) < 4.78 is 20.9. The number of ether oxygens (including phenoxy) is 3. The first kappa shape index (κ1) is 26.0. The van der Waals surface area contributed by atoms with Gasteiger partial charge in [-0.15, -0.1) is 0 Å². The molecule has 2 heterocycles. The van der Waals surface area contributed by atoms with E-state index in [4.69, 9.17) is 25.8 Å². The lowest BCUT2D eigenvalue weighted by Crippen LogP contribution is -2.22. The number of rotatable bonds is 11. The van der Waals surface area contributed by atoms with Crippen molar-refractivity contribution in [2.24, 2.45) is 0 Å². The molecule has 188 valence electrons. The Hall–Kier alpha value is -2.09. The summed E-state index contributed by atoms with van der Waals surface area (Å²) in [6, 6.07) is 15.1. The average Bonchev–Trinajstić information content (AvgIpc) is 3.08. The second-order valence-corrected chi connectivity index (χ2v) is 16.7. The maximum Gasteiger partial charge on any atom is 0.135 e. The van der Waals surface area contributed by atoms with E-state index in [9.17, 15) is 0 Å². The van der Waals surface area contributed by atoms with Gasteiger partial charge < -0.3 is 23.7 Å². The van der Waals surface area contributed by atoms with Gasteiger partial charge in [-0.25, -0.2) is 0 Å². The molecule has 3 aromatic rings. The van der Waals surface area contributed by atoms with E-state index in [1.54, 1.807) is 0 Å². The van der Waals surface area contributed by atoms with Crippen LogP contribution in [0.5, 0.6) is 11.5 Å². The van der Waals surface area contributed by atoms with E-state index in [0.29, 0.717) is 25.0 Å². The summed E-state index contributed by atoms with van der Waals surface area (Å²) in [5, 5.41) is 0.685. The number of para-hydroxylation sites is 1. The summed E-state index contributed by atoms with van der Waals surface area (Å²) in [5.74, 6) is 1.64. The molecule has 0 amide bonds. The summed E-state index contributed by atoms with van der Waals surface area (Å²) in [5.41, 5.74) is 5.36. The van der Waals surface area contributed by atoms with Gasteiger partial charge in [0.25, 0.3) is 0 Å². The number of fused-ring (bicyclic) bond motifs is 5. The van der Waals surface area contributed by atoms with Crippen LogP contribution < -0.4 is 4.74 Å². The molecule has 0 saturated carbocycles. The molecule has 1 aromatic heterocycles. The van der Waals surface area contributed by atoms with Gasteiger partial charge in [-0.1, -0.05) is 49.4 Å². The molecule has 2 aromatic carbocycles. The molecular formula is C28H37ClN2O3Si. The molecule has 0 aliphatic carbocycles. The van der Waals surface area contributed by atoms with E-state index in [0.717, 1.165) is 65.1 Å². The van der Waals surface area contributed by atoms with Crippen molar-refractivity contribution < 1.29 is 14.2 Å². The Balaban J connectivity index is 1.72. The predicted octanol–water partition coefficient (Wildman–Crippen LogP) is 7.36. The van der Waals surface area contributed by atoms with Crippen molar-refractivity contribution in [1.82, 2.24) is 9.47 Å². The highest BCUT2D eigenvalue weighted by molar-refractivity contribution is 6.76. The molecular weight excluding hydrogens is 476 g/mol. The molecule has 7 heteroatoms. The molecule has 0 spiro atoms. The maximum absolute atomic E-state index is 6.43. The van der Waals surface area contributed by atoms with Crippen LogP contribution in [0.1, 0.15) is 12.1 Å². The van der Waals surface area contributed by atoms with Crippen LogP contribution in [0.3, 0.4) is 0 Å². The molecule has 0 fully saturated rings. The van der Waals surface area contributed by atoms with E-state index in [1.165, 1.54) is 0 Å². The number of benzene rings is 2. The Morgan fingerprint density at radius 2 is 1.71 bits per heavy atom. The molecule has 35 heavy (non-hydrogen) atoms. The van der Waals surface area contributed by atoms with Gasteiger partial charge in [0.2, 0.25) is 0 Å². The summed E-state index contributed by atoms with van der Waals surface area (Å²) in [6.45, 7) is 10.6. The zero-order valence-corrected chi connectivity index (χ0v) is 23.3. The van der Waals surface area contributed by atoms with Crippen molar-refractivity contribution in [2.45, 2.75) is 45.4 Å². The third-order valence-corrected chi connectivity index (χ3v) is 8.10. The van der Waals surface area contributed by atoms with E-state index in [-0.39, 0.29) is 0 Å². The molecule has 4 rings (SSSR count). The Kier molecular flexibility index (Phi) is 8.40. The standard InChI is InChI=1S/C28H37ClN2O3Si/c1-30(2)13-8-14-32-19-25-28-22-9-6-7-10-26(22)34-27-12-11-21(29)17-23(27)24(28)18-31(25)20-33-15-16-35(3,4)5/h6-7,9-12,17-18H,8,13-16,19-20H2,1-5H3. The lowest BCUT2D eigenvalue weighted by Gasteiger charge is -2.17. The maximum atomic E-state index is 6.43. The first-order valence-corrected chi connectivity index (χ1v) is 16.4. The van der Waals surface area contributed by atoms with Crippen molar-refractivity contribution >= 4 is 19.7 Å². The minimum Gasteiger partial charge on any atom is -0.456 e. The highest BCUT2D eigenvalue weighted by Gasteiger charge is 2.27. The van der Waals surface area contributed by atoms with Crippen LogP contribution in [0.25, 0.3) is 22.3 Å². The highest BCUT2D eigenvalue weighted by Crippen LogP contribution is 2.49.